The Bertz CT molecular complexity index is 484. The highest BCUT2D eigenvalue weighted by atomic mass is 16.6. The molecular formula is C17H25NO2. The van der Waals surface area contributed by atoms with Crippen LogP contribution in [0.3, 0.4) is 0 Å². The highest BCUT2D eigenvalue weighted by molar-refractivity contribution is 5.44. The Morgan fingerprint density at radius 2 is 1.90 bits per heavy atom. The van der Waals surface area contributed by atoms with Gasteiger partial charge in [-0.2, -0.15) is 0 Å². The maximum Gasteiger partial charge on any atom is 0.161 e. The topological polar surface area (TPSA) is 44.5 Å². The van der Waals surface area contributed by atoms with Crippen molar-refractivity contribution in [3.05, 3.63) is 23.8 Å². The van der Waals surface area contributed by atoms with Gasteiger partial charge in [-0.25, -0.2) is 0 Å². The smallest absolute Gasteiger partial charge is 0.161 e. The molecular weight excluding hydrogens is 250 g/mol. The molecule has 3 rings (SSSR count). The first-order valence-electron chi connectivity index (χ1n) is 7.73. The molecule has 1 saturated carbocycles. The van der Waals surface area contributed by atoms with E-state index >= 15 is 0 Å². The number of nitrogens with two attached hydrogens (primary N) is 1. The summed E-state index contributed by atoms with van der Waals surface area (Å²) >= 11 is 0. The molecule has 2 N–H and O–H groups in total. The minimum absolute atomic E-state index is 0.0844. The lowest BCUT2D eigenvalue weighted by atomic mass is 9.65. The zero-order chi connectivity index (χ0) is 14.2. The van der Waals surface area contributed by atoms with Crippen LogP contribution in [0.2, 0.25) is 0 Å². The maximum atomic E-state index is 6.58. The molecule has 0 amide bonds. The first-order valence-corrected chi connectivity index (χ1v) is 7.73. The number of fused-ring (bicyclic) bond motifs is 1. The number of hydrogen-bond acceptors (Lipinski definition) is 3. The first kappa shape index (κ1) is 13.7. The van der Waals surface area contributed by atoms with Crippen LogP contribution in [0.15, 0.2) is 18.2 Å². The molecule has 0 bridgehead atoms. The summed E-state index contributed by atoms with van der Waals surface area (Å²) < 4.78 is 11.3. The van der Waals surface area contributed by atoms with Crippen LogP contribution in [-0.2, 0) is 0 Å². The normalized spacial score (nSPS) is 26.1. The molecule has 2 aliphatic rings. The van der Waals surface area contributed by atoms with Gasteiger partial charge in [-0.05, 0) is 41.9 Å². The van der Waals surface area contributed by atoms with Gasteiger partial charge in [0.2, 0.25) is 0 Å². The van der Waals surface area contributed by atoms with Crippen LogP contribution in [0.25, 0.3) is 0 Å². The zero-order valence-corrected chi connectivity index (χ0v) is 12.5. The van der Waals surface area contributed by atoms with Gasteiger partial charge in [0.05, 0.1) is 0 Å². The van der Waals surface area contributed by atoms with Gasteiger partial charge in [-0.15, -0.1) is 0 Å². The highest BCUT2D eigenvalue weighted by Gasteiger charge is 2.36. The fraction of sp³-hybridized carbons (Fsp3) is 0.647. The largest absolute Gasteiger partial charge is 0.486 e. The van der Waals surface area contributed by atoms with E-state index in [1.807, 2.05) is 6.07 Å². The van der Waals surface area contributed by atoms with E-state index in [4.69, 9.17) is 15.2 Å². The van der Waals surface area contributed by atoms with Crippen molar-refractivity contribution in [3.8, 4) is 11.5 Å². The molecule has 0 aromatic heterocycles. The third-order valence-corrected chi connectivity index (χ3v) is 4.97. The fourth-order valence-electron chi connectivity index (χ4n) is 3.69. The summed E-state index contributed by atoms with van der Waals surface area (Å²) in [6.07, 6.45) is 5.13. The van der Waals surface area contributed by atoms with Crippen LogP contribution in [0.4, 0.5) is 0 Å². The molecule has 1 fully saturated rings. The Labute approximate surface area is 121 Å². The molecule has 0 saturated heterocycles. The fourth-order valence-corrected chi connectivity index (χ4v) is 3.69. The van der Waals surface area contributed by atoms with Gasteiger partial charge >= 0.3 is 0 Å². The molecule has 1 heterocycles. The van der Waals surface area contributed by atoms with Gasteiger partial charge in [0.15, 0.2) is 11.5 Å². The number of rotatable bonds is 2. The molecule has 1 aliphatic heterocycles. The highest BCUT2D eigenvalue weighted by Crippen LogP contribution is 2.46. The van der Waals surface area contributed by atoms with E-state index in [-0.39, 0.29) is 6.04 Å². The maximum absolute atomic E-state index is 6.58. The van der Waals surface area contributed by atoms with Crippen molar-refractivity contribution in [1.82, 2.24) is 0 Å². The zero-order valence-electron chi connectivity index (χ0n) is 12.5. The molecule has 0 spiro atoms. The second-order valence-electron chi connectivity index (χ2n) is 6.77. The van der Waals surface area contributed by atoms with Gasteiger partial charge in [0.1, 0.15) is 13.2 Å². The summed E-state index contributed by atoms with van der Waals surface area (Å²) in [6, 6.07) is 6.26. The van der Waals surface area contributed by atoms with Crippen LogP contribution in [-0.4, -0.2) is 13.2 Å². The third-order valence-electron chi connectivity index (χ3n) is 4.97. The second kappa shape index (κ2) is 5.28. The van der Waals surface area contributed by atoms with Crippen molar-refractivity contribution in [1.29, 1.82) is 0 Å². The van der Waals surface area contributed by atoms with Crippen LogP contribution in [0.1, 0.15) is 51.1 Å². The molecule has 3 nitrogen and oxygen atoms in total. The average molecular weight is 275 g/mol. The summed E-state index contributed by atoms with van der Waals surface area (Å²) in [5.74, 6) is 2.23. The van der Waals surface area contributed by atoms with E-state index in [0.29, 0.717) is 24.5 Å². The van der Waals surface area contributed by atoms with E-state index in [0.717, 1.165) is 11.5 Å². The number of ether oxygens (including phenoxy) is 2. The van der Waals surface area contributed by atoms with Crippen LogP contribution >= 0.6 is 0 Å². The van der Waals surface area contributed by atoms with Crippen molar-refractivity contribution >= 4 is 0 Å². The molecule has 2 unspecified atom stereocenters. The van der Waals surface area contributed by atoms with E-state index < -0.39 is 0 Å². The lowest BCUT2D eigenvalue weighted by Gasteiger charge is -2.42. The van der Waals surface area contributed by atoms with Crippen molar-refractivity contribution < 1.29 is 9.47 Å². The molecule has 0 radical (unpaired) electrons. The summed E-state index contributed by atoms with van der Waals surface area (Å²) in [7, 11) is 0. The predicted octanol–water partition coefficient (Wildman–Crippen LogP) is 3.67. The van der Waals surface area contributed by atoms with Gasteiger partial charge < -0.3 is 15.2 Å². The Morgan fingerprint density at radius 3 is 2.65 bits per heavy atom. The van der Waals surface area contributed by atoms with E-state index in [2.05, 4.69) is 26.0 Å². The Balaban J connectivity index is 1.84. The molecule has 1 aromatic rings. The van der Waals surface area contributed by atoms with Crippen molar-refractivity contribution in [2.24, 2.45) is 17.1 Å². The quantitative estimate of drug-likeness (QED) is 0.895. The van der Waals surface area contributed by atoms with Crippen molar-refractivity contribution in [2.75, 3.05) is 13.2 Å². The van der Waals surface area contributed by atoms with Gasteiger partial charge in [-0.3, -0.25) is 0 Å². The van der Waals surface area contributed by atoms with E-state index in [9.17, 15) is 0 Å². The molecule has 3 heteroatoms. The van der Waals surface area contributed by atoms with E-state index in [1.165, 1.54) is 31.2 Å². The summed E-state index contributed by atoms with van der Waals surface area (Å²) in [6.45, 7) is 5.97. The summed E-state index contributed by atoms with van der Waals surface area (Å²) in [5.41, 5.74) is 8.08. The molecule has 2 atom stereocenters. The van der Waals surface area contributed by atoms with Gasteiger partial charge in [0.25, 0.3) is 0 Å². The molecule has 1 aromatic carbocycles. The molecule has 1 aliphatic carbocycles. The second-order valence-corrected chi connectivity index (χ2v) is 6.77. The van der Waals surface area contributed by atoms with Crippen LogP contribution in [0.5, 0.6) is 11.5 Å². The average Bonchev–Trinajstić information content (AvgIpc) is 2.45. The lowest BCUT2D eigenvalue weighted by Crippen LogP contribution is -2.36. The van der Waals surface area contributed by atoms with E-state index in [1.54, 1.807) is 0 Å². The van der Waals surface area contributed by atoms with Crippen molar-refractivity contribution in [3.63, 3.8) is 0 Å². The first-order chi connectivity index (χ1) is 9.58. The predicted molar refractivity (Wildman–Crippen MR) is 80.1 cm³/mol. The Morgan fingerprint density at radius 1 is 1.15 bits per heavy atom. The van der Waals surface area contributed by atoms with Gasteiger partial charge in [-0.1, -0.05) is 32.8 Å². The number of hydrogen-bond donors (Lipinski definition) is 1. The lowest BCUT2D eigenvalue weighted by molar-refractivity contribution is 0.112. The summed E-state index contributed by atoms with van der Waals surface area (Å²) in [4.78, 5) is 0. The van der Waals surface area contributed by atoms with Crippen LogP contribution in [0, 0.1) is 11.3 Å². The SMILES string of the molecule is CC1(C)CCCCC1C(N)c1ccc2c(c1)OCCO2. The third kappa shape index (κ3) is 2.51. The monoisotopic (exact) mass is 275 g/mol. The molecule has 20 heavy (non-hydrogen) atoms. The minimum atomic E-state index is 0.0844. The van der Waals surface area contributed by atoms with Crippen molar-refractivity contribution in [2.45, 2.75) is 45.6 Å². The van der Waals surface area contributed by atoms with Gasteiger partial charge in [0, 0.05) is 6.04 Å². The Hall–Kier alpha value is -1.22. The summed E-state index contributed by atoms with van der Waals surface area (Å²) in [5, 5.41) is 0. The standard InChI is InChI=1S/C17H25NO2/c1-17(2)8-4-3-5-13(17)16(18)12-6-7-14-15(11-12)20-10-9-19-14/h6-7,11,13,16H,3-5,8-10,18H2,1-2H3. The Kier molecular flexibility index (Phi) is 3.63. The molecule has 110 valence electrons. The van der Waals surface area contributed by atoms with Crippen LogP contribution < -0.4 is 15.2 Å². The number of benzene rings is 1. The minimum Gasteiger partial charge on any atom is -0.486 e.